The van der Waals surface area contributed by atoms with Crippen molar-refractivity contribution in [3.63, 3.8) is 0 Å². The van der Waals surface area contributed by atoms with E-state index in [1.165, 1.54) is 15.4 Å². The Kier molecular flexibility index (Phi) is 6.86. The Morgan fingerprint density at radius 3 is 2.57 bits per heavy atom. The molecule has 0 radical (unpaired) electrons. The predicted octanol–water partition coefficient (Wildman–Crippen LogP) is 3.36. The van der Waals surface area contributed by atoms with Gasteiger partial charge in [-0.3, -0.25) is 4.99 Å². The second kappa shape index (κ2) is 8.89. The van der Waals surface area contributed by atoms with E-state index in [1.54, 1.807) is 18.4 Å². The lowest BCUT2D eigenvalue weighted by Gasteiger charge is -2.11. The summed E-state index contributed by atoms with van der Waals surface area (Å²) < 4.78 is 0. The molecule has 0 fully saturated rings. The number of aromatic nitrogens is 1. The molecule has 6 heteroatoms. The molecule has 0 aliphatic carbocycles. The molecule has 0 aliphatic rings. The van der Waals surface area contributed by atoms with Crippen LogP contribution in [0.4, 0.5) is 0 Å². The van der Waals surface area contributed by atoms with E-state index < -0.39 is 0 Å². The lowest BCUT2D eigenvalue weighted by molar-refractivity contribution is 0.781. The highest BCUT2D eigenvalue weighted by Crippen LogP contribution is 2.16. The van der Waals surface area contributed by atoms with Crippen LogP contribution in [0.3, 0.4) is 0 Å². The van der Waals surface area contributed by atoms with Gasteiger partial charge in [0.2, 0.25) is 0 Å². The molecule has 1 aromatic carbocycles. The smallest absolute Gasteiger partial charge is 0.191 e. The Morgan fingerprint density at radius 2 is 1.96 bits per heavy atom. The number of rotatable bonds is 6. The van der Waals surface area contributed by atoms with E-state index in [0.29, 0.717) is 0 Å². The van der Waals surface area contributed by atoms with E-state index in [9.17, 15) is 0 Å². The molecule has 0 bridgehead atoms. The van der Waals surface area contributed by atoms with Crippen LogP contribution in [0.15, 0.2) is 29.3 Å². The summed E-state index contributed by atoms with van der Waals surface area (Å²) in [4.78, 5) is 10.1. The number of hydrogen-bond acceptors (Lipinski definition) is 3. The quantitative estimate of drug-likeness (QED) is 0.620. The molecule has 1 aromatic heterocycles. The number of benzene rings is 1. The van der Waals surface area contributed by atoms with Gasteiger partial charge >= 0.3 is 0 Å². The fourth-order valence-electron chi connectivity index (χ4n) is 2.17. The second-order valence-corrected chi connectivity index (χ2v) is 7.03. The van der Waals surface area contributed by atoms with Gasteiger partial charge in [-0.1, -0.05) is 23.7 Å². The van der Waals surface area contributed by atoms with Crippen molar-refractivity contribution in [1.29, 1.82) is 0 Å². The van der Waals surface area contributed by atoms with Gasteiger partial charge in [-0.15, -0.1) is 11.3 Å². The van der Waals surface area contributed by atoms with Crippen LogP contribution in [-0.4, -0.2) is 31.1 Å². The monoisotopic (exact) mass is 350 g/mol. The van der Waals surface area contributed by atoms with Crippen molar-refractivity contribution < 1.29 is 0 Å². The number of nitrogens with zero attached hydrogens (tertiary/aromatic N) is 2. The van der Waals surface area contributed by atoms with Crippen molar-refractivity contribution in [2.24, 2.45) is 4.99 Å². The van der Waals surface area contributed by atoms with E-state index in [1.807, 2.05) is 18.2 Å². The molecule has 0 atom stereocenters. The summed E-state index contributed by atoms with van der Waals surface area (Å²) in [6.07, 6.45) is 1.82. The van der Waals surface area contributed by atoms with E-state index in [4.69, 9.17) is 11.6 Å². The summed E-state index contributed by atoms with van der Waals surface area (Å²) in [5.74, 6) is 0.817. The first kappa shape index (κ1) is 17.8. The van der Waals surface area contributed by atoms with Crippen LogP contribution in [0.2, 0.25) is 5.02 Å². The number of thiazole rings is 1. The Balaban J connectivity index is 1.71. The van der Waals surface area contributed by atoms with Crippen molar-refractivity contribution in [2.45, 2.75) is 26.7 Å². The first-order valence-electron chi connectivity index (χ1n) is 7.70. The summed E-state index contributed by atoms with van der Waals surface area (Å²) >= 11 is 7.76. The maximum absolute atomic E-state index is 5.99. The minimum Gasteiger partial charge on any atom is -0.356 e. The zero-order chi connectivity index (χ0) is 16.7. The lowest BCUT2D eigenvalue weighted by Crippen LogP contribution is -2.39. The highest BCUT2D eigenvalue weighted by atomic mass is 35.5. The van der Waals surface area contributed by atoms with Crippen LogP contribution >= 0.6 is 22.9 Å². The van der Waals surface area contributed by atoms with Gasteiger partial charge in [-0.2, -0.15) is 0 Å². The zero-order valence-corrected chi connectivity index (χ0v) is 15.4. The second-order valence-electron chi connectivity index (χ2n) is 5.30. The molecule has 1 heterocycles. The number of nitrogens with one attached hydrogen (secondary N) is 2. The number of guanidine groups is 1. The van der Waals surface area contributed by atoms with Crippen LogP contribution in [0.1, 0.15) is 21.1 Å². The summed E-state index contributed by atoms with van der Waals surface area (Å²) in [5, 5.41) is 8.59. The van der Waals surface area contributed by atoms with Gasteiger partial charge in [0, 0.05) is 36.5 Å². The van der Waals surface area contributed by atoms with Crippen LogP contribution < -0.4 is 10.6 Å². The third kappa shape index (κ3) is 5.84. The van der Waals surface area contributed by atoms with Gasteiger partial charge in [0.1, 0.15) is 0 Å². The minimum absolute atomic E-state index is 0.777. The number of hydrogen-bond donors (Lipinski definition) is 2. The van der Waals surface area contributed by atoms with Crippen molar-refractivity contribution in [1.82, 2.24) is 15.6 Å². The highest BCUT2D eigenvalue weighted by Gasteiger charge is 2.04. The lowest BCUT2D eigenvalue weighted by atomic mass is 10.1. The normalized spacial score (nSPS) is 11.6. The van der Waals surface area contributed by atoms with Crippen molar-refractivity contribution in [3.8, 4) is 0 Å². The standard InChI is InChI=1S/C17H23ClN4S/c1-12-13(2)23-16(22-12)8-10-21-17(19-3)20-9-7-14-5-4-6-15(18)11-14/h4-6,11H,7-10H2,1-3H3,(H2,19,20,21). The molecule has 23 heavy (non-hydrogen) atoms. The maximum atomic E-state index is 5.99. The Hall–Kier alpha value is -1.59. The Morgan fingerprint density at radius 1 is 1.22 bits per heavy atom. The van der Waals surface area contributed by atoms with Crippen LogP contribution in [0, 0.1) is 13.8 Å². The number of halogens is 1. The van der Waals surface area contributed by atoms with Crippen LogP contribution in [-0.2, 0) is 12.8 Å². The average molecular weight is 351 g/mol. The van der Waals surface area contributed by atoms with E-state index in [0.717, 1.165) is 42.6 Å². The van der Waals surface area contributed by atoms with E-state index >= 15 is 0 Å². The fraction of sp³-hybridized carbons (Fsp3) is 0.412. The van der Waals surface area contributed by atoms with Gasteiger partial charge in [0.05, 0.1) is 10.7 Å². The third-order valence-electron chi connectivity index (χ3n) is 3.52. The van der Waals surface area contributed by atoms with Crippen LogP contribution in [0.5, 0.6) is 0 Å². The third-order valence-corrected chi connectivity index (χ3v) is 4.89. The topological polar surface area (TPSA) is 49.3 Å². The molecule has 4 nitrogen and oxygen atoms in total. The molecule has 0 saturated heterocycles. The minimum atomic E-state index is 0.777. The Labute approximate surface area is 147 Å². The molecule has 2 rings (SSSR count). The molecule has 0 spiro atoms. The average Bonchev–Trinajstić information content (AvgIpc) is 2.84. The van der Waals surface area contributed by atoms with Gasteiger partial charge in [-0.05, 0) is 38.0 Å². The first-order valence-corrected chi connectivity index (χ1v) is 8.90. The van der Waals surface area contributed by atoms with Gasteiger partial charge in [0.25, 0.3) is 0 Å². The van der Waals surface area contributed by atoms with Crippen LogP contribution in [0.25, 0.3) is 0 Å². The molecule has 0 unspecified atom stereocenters. The molecule has 2 aromatic rings. The summed E-state index contributed by atoms with van der Waals surface area (Å²) in [7, 11) is 1.78. The van der Waals surface area contributed by atoms with E-state index in [-0.39, 0.29) is 0 Å². The summed E-state index contributed by atoms with van der Waals surface area (Å²) in [6.45, 7) is 5.80. The molecule has 0 aliphatic heterocycles. The van der Waals surface area contributed by atoms with Gasteiger partial charge in [0.15, 0.2) is 5.96 Å². The van der Waals surface area contributed by atoms with Crippen molar-refractivity contribution in [2.75, 3.05) is 20.1 Å². The maximum Gasteiger partial charge on any atom is 0.191 e. The van der Waals surface area contributed by atoms with Crippen molar-refractivity contribution >= 4 is 28.9 Å². The predicted molar refractivity (Wildman–Crippen MR) is 99.8 cm³/mol. The first-order chi connectivity index (χ1) is 11.1. The number of aliphatic imine (C=N–C) groups is 1. The van der Waals surface area contributed by atoms with Crippen molar-refractivity contribution in [3.05, 3.63) is 50.4 Å². The zero-order valence-electron chi connectivity index (χ0n) is 13.8. The molecular weight excluding hydrogens is 328 g/mol. The molecule has 0 saturated carbocycles. The Bertz CT molecular complexity index is 647. The highest BCUT2D eigenvalue weighted by molar-refractivity contribution is 7.11. The summed E-state index contributed by atoms with van der Waals surface area (Å²) in [5.41, 5.74) is 2.35. The van der Waals surface area contributed by atoms with E-state index in [2.05, 4.69) is 40.5 Å². The van der Waals surface area contributed by atoms with Gasteiger partial charge in [-0.25, -0.2) is 4.98 Å². The molecular formula is C17H23ClN4S. The molecule has 0 amide bonds. The SMILES string of the molecule is CN=C(NCCc1cccc(Cl)c1)NCCc1nc(C)c(C)s1. The molecule has 2 N–H and O–H groups in total. The fourth-order valence-corrected chi connectivity index (χ4v) is 3.32. The van der Waals surface area contributed by atoms with Gasteiger partial charge < -0.3 is 10.6 Å². The summed E-state index contributed by atoms with van der Waals surface area (Å²) in [6, 6.07) is 7.94. The number of aryl methyl sites for hydroxylation is 2. The largest absolute Gasteiger partial charge is 0.356 e. The molecule has 124 valence electrons.